The molecule has 0 amide bonds. The molecule has 0 saturated heterocycles. The molecule has 0 saturated carbocycles. The molecule has 0 aliphatic carbocycles. The zero-order valence-corrected chi connectivity index (χ0v) is 14.3. The predicted molar refractivity (Wildman–Crippen MR) is 89.5 cm³/mol. The van der Waals surface area contributed by atoms with Gasteiger partial charge in [0, 0.05) is 29.6 Å². The van der Waals surface area contributed by atoms with E-state index in [4.69, 9.17) is 4.42 Å². The van der Waals surface area contributed by atoms with E-state index in [0.29, 0.717) is 6.04 Å². The zero-order chi connectivity index (χ0) is 15.2. The number of hydrogen-bond donors (Lipinski definition) is 1. The Morgan fingerprint density at radius 1 is 1.33 bits per heavy atom. The molecule has 0 aromatic carbocycles. The van der Waals surface area contributed by atoms with Crippen LogP contribution in [0.3, 0.4) is 0 Å². The van der Waals surface area contributed by atoms with Gasteiger partial charge in [-0.25, -0.2) is 0 Å². The van der Waals surface area contributed by atoms with Crippen molar-refractivity contribution in [1.29, 1.82) is 0 Å². The van der Waals surface area contributed by atoms with Gasteiger partial charge in [0.1, 0.15) is 11.5 Å². The summed E-state index contributed by atoms with van der Waals surface area (Å²) >= 11 is 1.82. The van der Waals surface area contributed by atoms with E-state index in [9.17, 15) is 0 Å². The molecule has 21 heavy (non-hydrogen) atoms. The van der Waals surface area contributed by atoms with Gasteiger partial charge in [0.15, 0.2) is 0 Å². The maximum Gasteiger partial charge on any atom is 0.118 e. The van der Waals surface area contributed by atoms with Crippen molar-refractivity contribution in [3.05, 3.63) is 45.5 Å². The van der Waals surface area contributed by atoms with Crippen LogP contribution >= 0.6 is 11.3 Å². The Hall–Kier alpha value is -1.10. The Kier molecular flexibility index (Phi) is 6.03. The molecule has 2 aromatic heterocycles. The van der Waals surface area contributed by atoms with Crippen molar-refractivity contribution in [2.75, 3.05) is 6.54 Å². The molecule has 0 bridgehead atoms. The summed E-state index contributed by atoms with van der Waals surface area (Å²) in [4.78, 5) is 3.86. The van der Waals surface area contributed by atoms with Crippen LogP contribution in [-0.4, -0.2) is 17.5 Å². The smallest absolute Gasteiger partial charge is 0.118 e. The first-order valence-electron chi connectivity index (χ1n) is 7.64. The molecule has 0 fully saturated rings. The quantitative estimate of drug-likeness (QED) is 0.793. The first-order chi connectivity index (χ1) is 10.1. The van der Waals surface area contributed by atoms with E-state index in [1.165, 1.54) is 10.4 Å². The number of thiophene rings is 1. The number of nitrogens with one attached hydrogen (secondary N) is 1. The molecule has 0 spiro atoms. The highest BCUT2D eigenvalue weighted by molar-refractivity contribution is 7.09. The van der Waals surface area contributed by atoms with Crippen LogP contribution in [-0.2, 0) is 19.6 Å². The van der Waals surface area contributed by atoms with Gasteiger partial charge in [0.05, 0.1) is 6.54 Å². The van der Waals surface area contributed by atoms with E-state index < -0.39 is 0 Å². The Morgan fingerprint density at radius 3 is 2.76 bits per heavy atom. The first-order valence-corrected chi connectivity index (χ1v) is 8.52. The molecule has 0 aliphatic rings. The lowest BCUT2D eigenvalue weighted by Crippen LogP contribution is -2.22. The molecular weight excluding hydrogens is 280 g/mol. The van der Waals surface area contributed by atoms with Gasteiger partial charge < -0.3 is 9.73 Å². The first kappa shape index (κ1) is 16.3. The second-order valence-corrected chi connectivity index (χ2v) is 6.74. The Labute approximate surface area is 132 Å². The van der Waals surface area contributed by atoms with Crippen molar-refractivity contribution in [2.24, 2.45) is 0 Å². The third-order valence-corrected chi connectivity index (χ3v) is 4.42. The molecule has 116 valence electrons. The van der Waals surface area contributed by atoms with Crippen LogP contribution in [0.25, 0.3) is 0 Å². The highest BCUT2D eigenvalue weighted by Gasteiger charge is 2.12. The molecule has 2 aromatic rings. The van der Waals surface area contributed by atoms with Crippen LogP contribution in [0, 0.1) is 6.92 Å². The fraction of sp³-hybridized carbons (Fsp3) is 0.529. The van der Waals surface area contributed by atoms with E-state index in [2.05, 4.69) is 61.5 Å². The molecule has 0 aliphatic heterocycles. The zero-order valence-electron chi connectivity index (χ0n) is 13.5. The fourth-order valence-electron chi connectivity index (χ4n) is 2.28. The van der Waals surface area contributed by atoms with E-state index in [-0.39, 0.29) is 0 Å². The van der Waals surface area contributed by atoms with E-state index in [0.717, 1.165) is 37.7 Å². The molecule has 2 rings (SSSR count). The Bertz CT molecular complexity index is 531. The van der Waals surface area contributed by atoms with Crippen molar-refractivity contribution in [3.8, 4) is 0 Å². The number of aryl methyl sites for hydroxylation is 1. The normalized spacial score (nSPS) is 11.7. The number of hydrogen-bond acceptors (Lipinski definition) is 4. The molecule has 4 heteroatoms. The summed E-state index contributed by atoms with van der Waals surface area (Å²) in [7, 11) is 0. The summed E-state index contributed by atoms with van der Waals surface area (Å²) in [5, 5.41) is 5.54. The molecule has 2 heterocycles. The summed E-state index contributed by atoms with van der Waals surface area (Å²) in [5.74, 6) is 2.07. The van der Waals surface area contributed by atoms with Gasteiger partial charge in [-0.3, -0.25) is 4.90 Å². The fourth-order valence-corrected chi connectivity index (χ4v) is 3.03. The van der Waals surface area contributed by atoms with Gasteiger partial charge >= 0.3 is 0 Å². The molecular formula is C17H26N2OS. The summed E-state index contributed by atoms with van der Waals surface area (Å²) in [6.45, 7) is 12.4. The van der Waals surface area contributed by atoms with E-state index in [1.54, 1.807) is 0 Å². The number of rotatable bonds is 8. The van der Waals surface area contributed by atoms with Crippen molar-refractivity contribution >= 4 is 11.3 Å². The van der Waals surface area contributed by atoms with Crippen LogP contribution in [0.1, 0.15) is 42.7 Å². The van der Waals surface area contributed by atoms with Crippen LogP contribution in [0.2, 0.25) is 0 Å². The van der Waals surface area contributed by atoms with Crippen LogP contribution in [0.4, 0.5) is 0 Å². The lowest BCUT2D eigenvalue weighted by atomic mass is 10.2. The Balaban J connectivity index is 1.97. The lowest BCUT2D eigenvalue weighted by molar-refractivity contribution is 0.272. The predicted octanol–water partition coefficient (Wildman–Crippen LogP) is 4.17. The van der Waals surface area contributed by atoms with E-state index in [1.807, 2.05) is 11.3 Å². The summed E-state index contributed by atoms with van der Waals surface area (Å²) in [6, 6.07) is 6.99. The van der Waals surface area contributed by atoms with E-state index >= 15 is 0 Å². The third-order valence-electron chi connectivity index (χ3n) is 3.56. The summed E-state index contributed by atoms with van der Waals surface area (Å²) in [5.41, 5.74) is 1.30. The maximum atomic E-state index is 5.86. The van der Waals surface area contributed by atoms with Crippen LogP contribution < -0.4 is 5.32 Å². The number of furan rings is 1. The van der Waals surface area contributed by atoms with Crippen molar-refractivity contribution < 1.29 is 4.42 Å². The van der Waals surface area contributed by atoms with Crippen LogP contribution in [0.15, 0.2) is 28.0 Å². The lowest BCUT2D eigenvalue weighted by Gasteiger charge is -2.19. The third kappa shape index (κ3) is 4.99. The van der Waals surface area contributed by atoms with Crippen molar-refractivity contribution in [2.45, 2.75) is 53.4 Å². The van der Waals surface area contributed by atoms with Gasteiger partial charge in [0.2, 0.25) is 0 Å². The van der Waals surface area contributed by atoms with Crippen molar-refractivity contribution in [3.63, 3.8) is 0 Å². The van der Waals surface area contributed by atoms with Gasteiger partial charge in [-0.15, -0.1) is 11.3 Å². The van der Waals surface area contributed by atoms with Crippen LogP contribution in [0.5, 0.6) is 0 Å². The monoisotopic (exact) mass is 306 g/mol. The van der Waals surface area contributed by atoms with Gasteiger partial charge in [0.25, 0.3) is 0 Å². The largest absolute Gasteiger partial charge is 0.465 e. The average molecular weight is 306 g/mol. The van der Waals surface area contributed by atoms with Gasteiger partial charge in [-0.1, -0.05) is 26.8 Å². The molecule has 1 N–H and O–H groups in total. The minimum absolute atomic E-state index is 0.477. The maximum absolute atomic E-state index is 5.86. The molecule has 0 atom stereocenters. The standard InChI is InChI=1S/C17H26N2OS/c1-5-19(12-17-7-6-8-21-17)11-15-9-16(20-14(15)4)10-18-13(2)3/h6-9,13,18H,5,10-12H2,1-4H3. The summed E-state index contributed by atoms with van der Waals surface area (Å²) < 4.78 is 5.86. The van der Waals surface area contributed by atoms with Crippen molar-refractivity contribution in [1.82, 2.24) is 10.2 Å². The topological polar surface area (TPSA) is 28.4 Å². The second-order valence-electron chi connectivity index (χ2n) is 5.71. The minimum Gasteiger partial charge on any atom is -0.465 e. The minimum atomic E-state index is 0.477. The second kappa shape index (κ2) is 7.78. The Morgan fingerprint density at radius 2 is 2.14 bits per heavy atom. The summed E-state index contributed by atoms with van der Waals surface area (Å²) in [6.07, 6.45) is 0. The van der Waals surface area contributed by atoms with Gasteiger partial charge in [-0.2, -0.15) is 0 Å². The average Bonchev–Trinajstić information content (AvgIpc) is 3.06. The molecule has 3 nitrogen and oxygen atoms in total. The number of nitrogens with zero attached hydrogens (tertiary/aromatic N) is 1. The SMILES string of the molecule is CCN(Cc1cccs1)Cc1cc(CNC(C)C)oc1C. The highest BCUT2D eigenvalue weighted by atomic mass is 32.1. The molecule has 0 radical (unpaired) electrons. The van der Waals surface area contributed by atoms with Gasteiger partial charge in [-0.05, 0) is 31.0 Å². The molecule has 0 unspecified atom stereocenters. The highest BCUT2D eigenvalue weighted by Crippen LogP contribution is 2.19.